The molecule has 0 radical (unpaired) electrons. The summed E-state index contributed by atoms with van der Waals surface area (Å²) in [5, 5.41) is 3.44. The van der Waals surface area contributed by atoms with Crippen LogP contribution in [-0.2, 0) is 0 Å². The highest BCUT2D eigenvalue weighted by molar-refractivity contribution is 5.39. The van der Waals surface area contributed by atoms with E-state index < -0.39 is 0 Å². The predicted molar refractivity (Wildman–Crippen MR) is 87.8 cm³/mol. The van der Waals surface area contributed by atoms with Crippen molar-refractivity contribution in [2.75, 3.05) is 13.2 Å². The highest BCUT2D eigenvalue weighted by Gasteiger charge is 2.08. The normalized spacial score (nSPS) is 12.7. The number of aryl methyl sites for hydroxylation is 1. The molecule has 0 amide bonds. The fraction of sp³-hybridized carbons (Fsp3) is 0.667. The van der Waals surface area contributed by atoms with Gasteiger partial charge in [0.15, 0.2) is 0 Å². The second-order valence-electron chi connectivity index (χ2n) is 6.00. The Hall–Kier alpha value is -1.02. The standard InChI is InChI=1S/C18H31NO/c1-6-19-16(5)9-7-8-12-20-18-13-15(4)10-11-17(18)14(2)3/h10-11,13-14,16,19H,6-9,12H2,1-5H3. The van der Waals surface area contributed by atoms with Gasteiger partial charge in [-0.15, -0.1) is 0 Å². The number of hydrogen-bond donors (Lipinski definition) is 1. The summed E-state index contributed by atoms with van der Waals surface area (Å²) in [7, 11) is 0. The summed E-state index contributed by atoms with van der Waals surface area (Å²) in [6.45, 7) is 12.8. The van der Waals surface area contributed by atoms with Crippen LogP contribution in [-0.4, -0.2) is 19.2 Å². The van der Waals surface area contributed by atoms with Crippen molar-refractivity contribution in [1.82, 2.24) is 5.32 Å². The van der Waals surface area contributed by atoms with E-state index in [-0.39, 0.29) is 0 Å². The van der Waals surface area contributed by atoms with Crippen LogP contribution in [0.2, 0.25) is 0 Å². The molecule has 0 heterocycles. The van der Waals surface area contributed by atoms with E-state index in [1.54, 1.807) is 0 Å². The molecule has 0 aliphatic rings. The molecule has 20 heavy (non-hydrogen) atoms. The molecule has 1 aromatic rings. The van der Waals surface area contributed by atoms with Gasteiger partial charge >= 0.3 is 0 Å². The Kier molecular flexibility index (Phi) is 7.68. The Labute approximate surface area is 124 Å². The first-order valence-corrected chi connectivity index (χ1v) is 8.01. The summed E-state index contributed by atoms with van der Waals surface area (Å²) in [4.78, 5) is 0. The van der Waals surface area contributed by atoms with Gasteiger partial charge in [-0.25, -0.2) is 0 Å². The van der Waals surface area contributed by atoms with Crippen molar-refractivity contribution in [2.45, 2.75) is 65.8 Å². The van der Waals surface area contributed by atoms with Crippen LogP contribution in [0.3, 0.4) is 0 Å². The third kappa shape index (κ3) is 5.96. The van der Waals surface area contributed by atoms with Gasteiger partial charge in [0.25, 0.3) is 0 Å². The van der Waals surface area contributed by atoms with E-state index in [1.807, 2.05) is 0 Å². The Morgan fingerprint density at radius 1 is 1.15 bits per heavy atom. The average molecular weight is 277 g/mol. The zero-order chi connectivity index (χ0) is 15.0. The minimum Gasteiger partial charge on any atom is -0.493 e. The third-order valence-electron chi connectivity index (χ3n) is 3.63. The second kappa shape index (κ2) is 9.02. The van der Waals surface area contributed by atoms with Crippen molar-refractivity contribution >= 4 is 0 Å². The van der Waals surface area contributed by atoms with Gasteiger partial charge in [-0.1, -0.05) is 32.9 Å². The number of ether oxygens (including phenoxy) is 1. The van der Waals surface area contributed by atoms with E-state index in [2.05, 4.69) is 58.1 Å². The lowest BCUT2D eigenvalue weighted by Crippen LogP contribution is -2.25. The smallest absolute Gasteiger partial charge is 0.122 e. The molecule has 114 valence electrons. The lowest BCUT2D eigenvalue weighted by Gasteiger charge is -2.15. The van der Waals surface area contributed by atoms with Crippen LogP contribution >= 0.6 is 0 Å². The summed E-state index contributed by atoms with van der Waals surface area (Å²) in [5.74, 6) is 1.58. The Morgan fingerprint density at radius 2 is 1.90 bits per heavy atom. The molecular formula is C18H31NO. The van der Waals surface area contributed by atoms with E-state index in [0.29, 0.717) is 12.0 Å². The summed E-state index contributed by atoms with van der Waals surface area (Å²) in [5.41, 5.74) is 2.58. The number of nitrogens with one attached hydrogen (secondary N) is 1. The van der Waals surface area contributed by atoms with E-state index in [9.17, 15) is 0 Å². The monoisotopic (exact) mass is 277 g/mol. The van der Waals surface area contributed by atoms with Gasteiger partial charge in [0.1, 0.15) is 5.75 Å². The maximum absolute atomic E-state index is 6.00. The average Bonchev–Trinajstić information content (AvgIpc) is 2.38. The van der Waals surface area contributed by atoms with Gasteiger partial charge in [-0.05, 0) is 62.8 Å². The lowest BCUT2D eigenvalue weighted by atomic mass is 10.0. The van der Waals surface area contributed by atoms with Gasteiger partial charge in [-0.2, -0.15) is 0 Å². The van der Waals surface area contributed by atoms with Crippen LogP contribution in [0, 0.1) is 6.92 Å². The van der Waals surface area contributed by atoms with Gasteiger partial charge in [0.2, 0.25) is 0 Å². The molecule has 1 aromatic carbocycles. The van der Waals surface area contributed by atoms with Crippen molar-refractivity contribution in [2.24, 2.45) is 0 Å². The molecule has 1 rings (SSSR count). The number of benzene rings is 1. The van der Waals surface area contributed by atoms with E-state index >= 15 is 0 Å². The van der Waals surface area contributed by atoms with Gasteiger partial charge in [0.05, 0.1) is 6.61 Å². The number of unbranched alkanes of at least 4 members (excludes halogenated alkanes) is 1. The largest absolute Gasteiger partial charge is 0.493 e. The summed E-state index contributed by atoms with van der Waals surface area (Å²) in [6, 6.07) is 7.14. The Morgan fingerprint density at radius 3 is 2.55 bits per heavy atom. The molecule has 1 N–H and O–H groups in total. The topological polar surface area (TPSA) is 21.3 Å². The molecule has 0 aliphatic carbocycles. The van der Waals surface area contributed by atoms with Gasteiger partial charge < -0.3 is 10.1 Å². The summed E-state index contributed by atoms with van der Waals surface area (Å²) >= 11 is 0. The molecule has 2 heteroatoms. The minimum absolute atomic E-state index is 0.513. The molecule has 2 nitrogen and oxygen atoms in total. The lowest BCUT2D eigenvalue weighted by molar-refractivity contribution is 0.298. The first-order valence-electron chi connectivity index (χ1n) is 8.01. The first-order chi connectivity index (χ1) is 9.54. The summed E-state index contributed by atoms with van der Waals surface area (Å²) in [6.07, 6.45) is 3.57. The van der Waals surface area contributed by atoms with Gasteiger partial charge in [-0.3, -0.25) is 0 Å². The molecule has 0 saturated carbocycles. The first kappa shape index (κ1) is 17.0. The van der Waals surface area contributed by atoms with Crippen LogP contribution in [0.1, 0.15) is 64.0 Å². The molecule has 1 unspecified atom stereocenters. The van der Waals surface area contributed by atoms with Crippen molar-refractivity contribution in [3.05, 3.63) is 29.3 Å². The zero-order valence-corrected chi connectivity index (χ0v) is 13.8. The maximum Gasteiger partial charge on any atom is 0.122 e. The van der Waals surface area contributed by atoms with Crippen LogP contribution in [0.4, 0.5) is 0 Å². The molecular weight excluding hydrogens is 246 g/mol. The predicted octanol–water partition coefficient (Wildman–Crippen LogP) is 4.67. The van der Waals surface area contributed by atoms with Crippen molar-refractivity contribution in [1.29, 1.82) is 0 Å². The van der Waals surface area contributed by atoms with E-state index in [4.69, 9.17) is 4.74 Å². The SMILES string of the molecule is CCNC(C)CCCCOc1cc(C)ccc1C(C)C. The van der Waals surface area contributed by atoms with Crippen LogP contribution in [0.5, 0.6) is 5.75 Å². The maximum atomic E-state index is 6.00. The van der Waals surface area contributed by atoms with Crippen LogP contribution < -0.4 is 10.1 Å². The molecule has 0 aromatic heterocycles. The number of hydrogen-bond acceptors (Lipinski definition) is 2. The minimum atomic E-state index is 0.513. The van der Waals surface area contributed by atoms with Crippen molar-refractivity contribution in [3.63, 3.8) is 0 Å². The van der Waals surface area contributed by atoms with Crippen LogP contribution in [0.15, 0.2) is 18.2 Å². The highest BCUT2D eigenvalue weighted by Crippen LogP contribution is 2.27. The number of rotatable bonds is 9. The summed E-state index contributed by atoms with van der Waals surface area (Å²) < 4.78 is 6.00. The molecule has 0 fully saturated rings. The second-order valence-corrected chi connectivity index (χ2v) is 6.00. The molecule has 0 bridgehead atoms. The molecule has 1 atom stereocenters. The molecule has 0 saturated heterocycles. The van der Waals surface area contributed by atoms with Crippen molar-refractivity contribution in [3.8, 4) is 5.75 Å². The van der Waals surface area contributed by atoms with E-state index in [0.717, 1.165) is 25.3 Å². The van der Waals surface area contributed by atoms with Crippen molar-refractivity contribution < 1.29 is 4.74 Å². The Bertz CT molecular complexity index is 387. The molecule has 0 aliphatic heterocycles. The quantitative estimate of drug-likeness (QED) is 0.663. The van der Waals surface area contributed by atoms with E-state index in [1.165, 1.54) is 24.0 Å². The fourth-order valence-electron chi connectivity index (χ4n) is 2.43. The van der Waals surface area contributed by atoms with Gasteiger partial charge in [0, 0.05) is 6.04 Å². The fourth-order valence-corrected chi connectivity index (χ4v) is 2.43. The highest BCUT2D eigenvalue weighted by atomic mass is 16.5. The molecule has 0 spiro atoms. The Balaban J connectivity index is 2.36. The zero-order valence-electron chi connectivity index (χ0n) is 13.8. The van der Waals surface area contributed by atoms with Crippen LogP contribution in [0.25, 0.3) is 0 Å². The third-order valence-corrected chi connectivity index (χ3v) is 3.63.